The first kappa shape index (κ1) is 20.6. The molecule has 156 valence electrons. The predicted octanol–water partition coefficient (Wildman–Crippen LogP) is 7.38. The Balaban J connectivity index is 1.43. The summed E-state index contributed by atoms with van der Waals surface area (Å²) >= 11 is -0.203. The molecule has 0 N–H and O–H groups in total. The van der Waals surface area contributed by atoms with Crippen LogP contribution in [0.3, 0.4) is 0 Å². The van der Waals surface area contributed by atoms with Gasteiger partial charge in [-0.2, -0.15) is 0 Å². The van der Waals surface area contributed by atoms with E-state index in [1.54, 1.807) is 16.5 Å². The quantitative estimate of drug-likeness (QED) is 0.272. The van der Waals surface area contributed by atoms with Crippen LogP contribution in [0.4, 0.5) is 0 Å². The Bertz CT molecular complexity index is 1150. The van der Waals surface area contributed by atoms with Gasteiger partial charge in [0.1, 0.15) is 0 Å². The molecule has 6 rings (SSSR count). The van der Waals surface area contributed by atoms with Crippen molar-refractivity contribution >= 4 is 24.6 Å². The summed E-state index contributed by atoms with van der Waals surface area (Å²) in [6.07, 6.45) is 13.8. The molecule has 0 spiro atoms. The van der Waals surface area contributed by atoms with Crippen molar-refractivity contribution in [2.45, 2.75) is 27.7 Å². The molecule has 0 aliphatic heterocycles. The van der Waals surface area contributed by atoms with Crippen LogP contribution in [0.15, 0.2) is 114 Å². The second kappa shape index (κ2) is 9.11. The first-order valence-electron chi connectivity index (χ1n) is 11.7. The van der Waals surface area contributed by atoms with Crippen LogP contribution in [-0.2, 0) is 19.2 Å². The fourth-order valence-electron chi connectivity index (χ4n) is 5.57. The zero-order chi connectivity index (χ0) is 21.3. The van der Waals surface area contributed by atoms with E-state index in [0.717, 1.165) is 10.1 Å². The van der Waals surface area contributed by atoms with Gasteiger partial charge in [0.15, 0.2) is 0 Å². The van der Waals surface area contributed by atoms with Gasteiger partial charge < -0.3 is 0 Å². The molecule has 0 saturated heterocycles. The third-order valence-corrected chi connectivity index (χ3v) is 13.1. The molecule has 3 atom stereocenters. The SMILES string of the molecule is C1=CCC2CC[CH]([Ti][CH]3C(P(c4ccccc4)c4ccccc4)=Cc4ccccc43)C2=C1. The standard InChI is InChI=1S/C21H16P.C9H11.Ti/c1-3-11-19(12-4-1)22(20-13-5-2-6-14-20)21-15-17-9-7-8-10-18(17)16-21;1-2-5-9-7-3-6-8(9)4-1;/h1-16H;1-2,4,6,9H,3,5,7H2;. The Kier molecular flexibility index (Phi) is 5.87. The van der Waals surface area contributed by atoms with Crippen LogP contribution in [-0.4, -0.2) is 0 Å². The van der Waals surface area contributed by atoms with Crippen LogP contribution in [0.5, 0.6) is 0 Å². The molecule has 0 amide bonds. The van der Waals surface area contributed by atoms with Crippen molar-refractivity contribution < 1.29 is 19.2 Å². The topological polar surface area (TPSA) is 0 Å². The van der Waals surface area contributed by atoms with E-state index in [1.165, 1.54) is 35.4 Å². The Morgan fingerprint density at radius 1 is 0.750 bits per heavy atom. The van der Waals surface area contributed by atoms with Gasteiger partial charge in [0.25, 0.3) is 0 Å². The molecule has 1 saturated carbocycles. The molecule has 3 aliphatic carbocycles. The van der Waals surface area contributed by atoms with Crippen LogP contribution >= 0.6 is 7.92 Å². The summed E-state index contributed by atoms with van der Waals surface area (Å²) in [6.45, 7) is 0. The summed E-state index contributed by atoms with van der Waals surface area (Å²) in [7, 11) is -0.518. The average Bonchev–Trinajstić information content (AvgIpc) is 3.43. The molecular weight excluding hydrogens is 439 g/mol. The van der Waals surface area contributed by atoms with Crippen molar-refractivity contribution in [3.05, 3.63) is 125 Å². The van der Waals surface area contributed by atoms with Crippen molar-refractivity contribution in [3.63, 3.8) is 0 Å². The van der Waals surface area contributed by atoms with E-state index in [0.29, 0.717) is 4.22 Å². The van der Waals surface area contributed by atoms with E-state index in [1.807, 2.05) is 0 Å². The fourth-order valence-corrected chi connectivity index (χ4v) is 12.0. The Morgan fingerprint density at radius 2 is 1.44 bits per heavy atom. The number of hydrogen-bond acceptors (Lipinski definition) is 0. The summed E-state index contributed by atoms with van der Waals surface area (Å²) in [5.41, 5.74) is 4.83. The van der Waals surface area contributed by atoms with Gasteiger partial charge in [-0.3, -0.25) is 0 Å². The second-order valence-electron chi connectivity index (χ2n) is 8.96. The van der Waals surface area contributed by atoms with Gasteiger partial charge in [0.2, 0.25) is 0 Å². The Labute approximate surface area is 201 Å². The summed E-state index contributed by atoms with van der Waals surface area (Å²) in [4.78, 5) is 0. The molecule has 0 nitrogen and oxygen atoms in total. The van der Waals surface area contributed by atoms with Crippen molar-refractivity contribution in [1.82, 2.24) is 0 Å². The minimum atomic E-state index is -0.518. The normalized spacial score (nSPS) is 23.5. The summed E-state index contributed by atoms with van der Waals surface area (Å²) in [5.74, 6) is 0.822. The van der Waals surface area contributed by atoms with Gasteiger partial charge in [-0.1, -0.05) is 0 Å². The number of fused-ring (bicyclic) bond motifs is 2. The van der Waals surface area contributed by atoms with Crippen LogP contribution in [0, 0.1) is 5.92 Å². The third-order valence-electron chi connectivity index (χ3n) is 7.08. The van der Waals surface area contributed by atoms with Crippen LogP contribution < -0.4 is 10.6 Å². The molecule has 3 aliphatic rings. The average molecular weight is 466 g/mol. The summed E-state index contributed by atoms with van der Waals surface area (Å²) in [6, 6.07) is 31.7. The first-order chi connectivity index (χ1) is 15.9. The van der Waals surface area contributed by atoms with E-state index >= 15 is 0 Å². The molecule has 0 heterocycles. The molecule has 0 bridgehead atoms. The van der Waals surface area contributed by atoms with Gasteiger partial charge in [-0.25, -0.2) is 0 Å². The minimum absolute atomic E-state index is 0.203. The maximum atomic E-state index is 2.57. The van der Waals surface area contributed by atoms with E-state index in [9.17, 15) is 0 Å². The molecule has 1 fully saturated rings. The van der Waals surface area contributed by atoms with Crippen LogP contribution in [0.2, 0.25) is 4.22 Å². The van der Waals surface area contributed by atoms with E-state index in [2.05, 4.69) is 109 Å². The van der Waals surface area contributed by atoms with E-state index < -0.39 is 7.92 Å². The molecule has 3 unspecified atom stereocenters. The van der Waals surface area contributed by atoms with Crippen molar-refractivity contribution in [3.8, 4) is 0 Å². The molecule has 3 aromatic rings. The Morgan fingerprint density at radius 3 is 2.19 bits per heavy atom. The van der Waals surface area contributed by atoms with Crippen molar-refractivity contribution in [2.75, 3.05) is 0 Å². The Hall–Kier alpha value is -1.98. The van der Waals surface area contributed by atoms with Gasteiger partial charge in [-0.05, 0) is 0 Å². The molecule has 0 aromatic heterocycles. The number of allylic oxidation sites excluding steroid dienone is 5. The predicted molar refractivity (Wildman–Crippen MR) is 135 cm³/mol. The molecule has 3 aromatic carbocycles. The van der Waals surface area contributed by atoms with Crippen LogP contribution in [0.25, 0.3) is 6.08 Å². The molecular formula is C30H27PTi. The number of rotatable bonds is 5. The first-order valence-corrected chi connectivity index (χ1v) is 14.9. The van der Waals surface area contributed by atoms with Gasteiger partial charge in [0, 0.05) is 0 Å². The van der Waals surface area contributed by atoms with Gasteiger partial charge in [-0.15, -0.1) is 0 Å². The molecule has 32 heavy (non-hydrogen) atoms. The van der Waals surface area contributed by atoms with Crippen molar-refractivity contribution in [2.24, 2.45) is 5.92 Å². The van der Waals surface area contributed by atoms with Gasteiger partial charge in [0.05, 0.1) is 0 Å². The number of benzene rings is 3. The summed E-state index contributed by atoms with van der Waals surface area (Å²) in [5, 5.41) is 4.65. The fraction of sp³-hybridized carbons (Fsp3) is 0.200. The van der Waals surface area contributed by atoms with E-state index in [4.69, 9.17) is 0 Å². The van der Waals surface area contributed by atoms with Crippen LogP contribution in [0.1, 0.15) is 34.6 Å². The van der Waals surface area contributed by atoms with Gasteiger partial charge >= 0.3 is 203 Å². The van der Waals surface area contributed by atoms with E-state index in [-0.39, 0.29) is 19.2 Å². The number of hydrogen-bond donors (Lipinski definition) is 0. The second-order valence-corrected chi connectivity index (χ2v) is 13.7. The summed E-state index contributed by atoms with van der Waals surface area (Å²) < 4.78 is 1.47. The maximum absolute atomic E-state index is 2.57. The molecule has 2 heteroatoms. The third kappa shape index (κ3) is 3.84. The zero-order valence-corrected chi connectivity index (χ0v) is 20.6. The molecule has 0 radical (unpaired) electrons. The monoisotopic (exact) mass is 466 g/mol. The van der Waals surface area contributed by atoms with Crippen molar-refractivity contribution in [1.29, 1.82) is 0 Å². The zero-order valence-electron chi connectivity index (χ0n) is 18.2.